The average Bonchev–Trinajstić information content (AvgIpc) is 1.90. The zero-order valence-electron chi connectivity index (χ0n) is 5.88. The van der Waals surface area contributed by atoms with Gasteiger partial charge in [-0.3, -0.25) is 4.79 Å². The van der Waals surface area contributed by atoms with E-state index >= 15 is 0 Å². The Balaban J connectivity index is 0.000000810. The summed E-state index contributed by atoms with van der Waals surface area (Å²) in [5.74, 6) is -0.631. The molecule has 0 aromatic rings. The molecule has 1 N–H and O–H groups in total. The van der Waals surface area contributed by atoms with Crippen LogP contribution in [0.2, 0.25) is 0 Å². The molecule has 0 radical (unpaired) electrons. The zero-order chi connectivity index (χ0) is 6.69. The fourth-order valence-corrected chi connectivity index (χ4v) is 1.35. The van der Waals surface area contributed by atoms with Gasteiger partial charge in [0.25, 0.3) is 0 Å². The third kappa shape index (κ3) is 2.72. The Morgan fingerprint density at radius 2 is 1.70 bits per heavy atom. The quantitative estimate of drug-likeness (QED) is 0.666. The number of carbonyl (C=O) groups is 1. The Morgan fingerprint density at radius 3 is 2.00 bits per heavy atom. The van der Waals surface area contributed by atoms with Gasteiger partial charge in [-0.05, 0) is 12.8 Å². The van der Waals surface area contributed by atoms with E-state index in [-0.39, 0.29) is 23.3 Å². The largest absolute Gasteiger partial charge is 0.481 e. The second-order valence-electron chi connectivity index (χ2n) is 2.67. The minimum absolute atomic E-state index is 0. The Bertz CT molecular complexity index is 108. The van der Waals surface area contributed by atoms with Crippen molar-refractivity contribution in [1.82, 2.24) is 0 Å². The van der Waals surface area contributed by atoms with Crippen LogP contribution in [0.1, 0.15) is 32.1 Å². The smallest absolute Gasteiger partial charge is 0.306 e. The summed E-state index contributed by atoms with van der Waals surface area (Å²) in [4.78, 5) is 10.4. The van der Waals surface area contributed by atoms with Crippen molar-refractivity contribution in [2.75, 3.05) is 0 Å². The van der Waals surface area contributed by atoms with Crippen molar-refractivity contribution in [2.24, 2.45) is 5.92 Å². The molecule has 0 amide bonds. The number of rotatable bonds is 1. The Labute approximate surface area is 71.8 Å². The van der Waals surface area contributed by atoms with Gasteiger partial charge in [0, 0.05) is 17.4 Å². The van der Waals surface area contributed by atoms with E-state index in [0.717, 1.165) is 25.7 Å². The van der Waals surface area contributed by atoms with Gasteiger partial charge < -0.3 is 5.11 Å². The molecule has 3 heteroatoms. The van der Waals surface area contributed by atoms with Gasteiger partial charge in [-0.15, -0.1) is 0 Å². The van der Waals surface area contributed by atoms with Gasteiger partial charge in [-0.2, -0.15) is 0 Å². The summed E-state index contributed by atoms with van der Waals surface area (Å²) in [5, 5.41) is 8.54. The SMILES string of the molecule is O=C(O)C1CCCCC1.[Cr]. The number of aliphatic carboxylic acids is 1. The molecule has 1 aliphatic rings. The summed E-state index contributed by atoms with van der Waals surface area (Å²) >= 11 is 0. The van der Waals surface area contributed by atoms with E-state index in [1.54, 1.807) is 0 Å². The number of carboxylic acids is 1. The third-order valence-corrected chi connectivity index (χ3v) is 1.95. The van der Waals surface area contributed by atoms with E-state index in [4.69, 9.17) is 5.11 Å². The second-order valence-corrected chi connectivity index (χ2v) is 2.67. The van der Waals surface area contributed by atoms with Gasteiger partial charge in [0.05, 0.1) is 5.92 Å². The molecule has 1 saturated carbocycles. The predicted octanol–water partition coefficient (Wildman–Crippen LogP) is 1.65. The van der Waals surface area contributed by atoms with Crippen molar-refractivity contribution in [1.29, 1.82) is 0 Å². The van der Waals surface area contributed by atoms with Gasteiger partial charge in [0.15, 0.2) is 0 Å². The van der Waals surface area contributed by atoms with Crippen LogP contribution < -0.4 is 0 Å². The van der Waals surface area contributed by atoms with Crippen LogP contribution in [0.3, 0.4) is 0 Å². The van der Waals surface area contributed by atoms with Crippen molar-refractivity contribution in [3.8, 4) is 0 Å². The zero-order valence-corrected chi connectivity index (χ0v) is 7.15. The maximum absolute atomic E-state index is 10.4. The molecular formula is C7H12CrO2. The molecule has 10 heavy (non-hydrogen) atoms. The maximum Gasteiger partial charge on any atom is 0.306 e. The van der Waals surface area contributed by atoms with Crippen LogP contribution in [0.4, 0.5) is 0 Å². The molecule has 0 aliphatic heterocycles. The molecule has 2 nitrogen and oxygen atoms in total. The minimum Gasteiger partial charge on any atom is -0.481 e. The van der Waals surface area contributed by atoms with Gasteiger partial charge in [0.2, 0.25) is 0 Å². The van der Waals surface area contributed by atoms with Crippen molar-refractivity contribution in [3.63, 3.8) is 0 Å². The summed E-state index contributed by atoms with van der Waals surface area (Å²) in [6.45, 7) is 0. The molecule has 0 aromatic heterocycles. The van der Waals surface area contributed by atoms with Crippen molar-refractivity contribution < 1.29 is 27.3 Å². The third-order valence-electron chi connectivity index (χ3n) is 1.95. The summed E-state index contributed by atoms with van der Waals surface area (Å²) in [6.07, 6.45) is 5.24. The van der Waals surface area contributed by atoms with Crippen LogP contribution in [0.15, 0.2) is 0 Å². The normalized spacial score (nSPS) is 19.6. The van der Waals surface area contributed by atoms with Gasteiger partial charge >= 0.3 is 5.97 Å². The van der Waals surface area contributed by atoms with Crippen LogP contribution >= 0.6 is 0 Å². The molecule has 1 aliphatic carbocycles. The maximum atomic E-state index is 10.4. The van der Waals surface area contributed by atoms with Crippen molar-refractivity contribution in [2.45, 2.75) is 32.1 Å². The molecule has 0 atom stereocenters. The summed E-state index contributed by atoms with van der Waals surface area (Å²) < 4.78 is 0. The Hall–Kier alpha value is 0.00247. The van der Waals surface area contributed by atoms with Crippen LogP contribution in [0.5, 0.6) is 0 Å². The van der Waals surface area contributed by atoms with Crippen molar-refractivity contribution in [3.05, 3.63) is 0 Å². The van der Waals surface area contributed by atoms with Crippen LogP contribution in [0.25, 0.3) is 0 Å². The van der Waals surface area contributed by atoms with E-state index in [1.165, 1.54) is 6.42 Å². The molecule has 0 unspecified atom stereocenters. The van der Waals surface area contributed by atoms with E-state index < -0.39 is 5.97 Å². The van der Waals surface area contributed by atoms with Crippen LogP contribution in [-0.2, 0) is 22.2 Å². The Morgan fingerprint density at radius 1 is 1.20 bits per heavy atom. The number of carboxylic acid groups (broad SMARTS) is 1. The molecule has 1 fully saturated rings. The molecule has 58 valence electrons. The first-order chi connectivity index (χ1) is 4.30. The molecule has 0 aromatic carbocycles. The minimum atomic E-state index is -0.602. The monoisotopic (exact) mass is 180 g/mol. The molecule has 0 spiro atoms. The number of hydrogen-bond donors (Lipinski definition) is 1. The van der Waals surface area contributed by atoms with Gasteiger partial charge in [-0.1, -0.05) is 19.3 Å². The topological polar surface area (TPSA) is 37.3 Å². The van der Waals surface area contributed by atoms with E-state index in [9.17, 15) is 4.79 Å². The molecule has 0 heterocycles. The first-order valence-electron chi connectivity index (χ1n) is 3.53. The summed E-state index contributed by atoms with van der Waals surface area (Å²) in [7, 11) is 0. The van der Waals surface area contributed by atoms with E-state index in [2.05, 4.69) is 0 Å². The predicted molar refractivity (Wildman–Crippen MR) is 34.2 cm³/mol. The fourth-order valence-electron chi connectivity index (χ4n) is 1.35. The number of hydrogen-bond acceptors (Lipinski definition) is 1. The Kier molecular flexibility index (Phi) is 4.76. The fraction of sp³-hybridized carbons (Fsp3) is 0.857. The first kappa shape index (κ1) is 10.0. The molecule has 0 bridgehead atoms. The van der Waals surface area contributed by atoms with E-state index in [0.29, 0.717) is 0 Å². The van der Waals surface area contributed by atoms with Crippen molar-refractivity contribution >= 4 is 5.97 Å². The average molecular weight is 180 g/mol. The van der Waals surface area contributed by atoms with Gasteiger partial charge in [0.1, 0.15) is 0 Å². The standard InChI is InChI=1S/C7H12O2.Cr/c8-7(9)6-4-2-1-3-5-6;/h6H,1-5H2,(H,8,9);. The van der Waals surface area contributed by atoms with E-state index in [1.807, 2.05) is 0 Å². The molecule has 0 saturated heterocycles. The van der Waals surface area contributed by atoms with Gasteiger partial charge in [-0.25, -0.2) is 0 Å². The summed E-state index contributed by atoms with van der Waals surface area (Å²) in [6, 6.07) is 0. The molecular weight excluding hydrogens is 168 g/mol. The summed E-state index contributed by atoms with van der Waals surface area (Å²) in [5.41, 5.74) is 0. The molecule has 1 rings (SSSR count). The first-order valence-corrected chi connectivity index (χ1v) is 3.53. The van der Waals surface area contributed by atoms with Crippen LogP contribution in [-0.4, -0.2) is 11.1 Å². The van der Waals surface area contributed by atoms with Crippen LogP contribution in [0, 0.1) is 5.92 Å². The second kappa shape index (κ2) is 4.76.